The Kier molecular flexibility index (Phi) is 4.96. The Morgan fingerprint density at radius 2 is 1.36 bits per heavy atom. The summed E-state index contributed by atoms with van der Waals surface area (Å²) in [5.41, 5.74) is 1.44. The van der Waals surface area contributed by atoms with Gasteiger partial charge < -0.3 is 4.90 Å². The van der Waals surface area contributed by atoms with Crippen LogP contribution in [0.15, 0.2) is 96.0 Å². The second kappa shape index (κ2) is 7.42. The molecule has 0 N–H and O–H groups in total. The lowest BCUT2D eigenvalue weighted by Gasteiger charge is -2.57. The van der Waals surface area contributed by atoms with Crippen LogP contribution in [0.25, 0.3) is 0 Å². The van der Waals surface area contributed by atoms with E-state index in [0.717, 1.165) is 16.7 Å². The van der Waals surface area contributed by atoms with Gasteiger partial charge in [0, 0.05) is 18.3 Å². The van der Waals surface area contributed by atoms with Crippen LogP contribution in [-0.2, 0) is 17.0 Å². The molecule has 1 fully saturated rings. The second-order valence-electron chi connectivity index (χ2n) is 6.66. The van der Waals surface area contributed by atoms with Gasteiger partial charge in [-0.3, -0.25) is 9.79 Å². The van der Waals surface area contributed by atoms with Crippen LogP contribution >= 0.6 is 23.2 Å². The Bertz CT molecular complexity index is 991. The van der Waals surface area contributed by atoms with E-state index in [0.29, 0.717) is 6.54 Å². The molecule has 0 spiro atoms. The number of carbonyl (C=O) groups is 1. The highest BCUT2D eigenvalue weighted by Crippen LogP contribution is 2.57. The second-order valence-corrected chi connectivity index (χ2v) is 7.99. The van der Waals surface area contributed by atoms with Gasteiger partial charge in [0.2, 0.25) is 10.00 Å². The minimum Gasteiger partial charge on any atom is -0.304 e. The summed E-state index contributed by atoms with van der Waals surface area (Å²) in [7, 11) is 0. The number of aliphatic imine (C=N–C) groups is 1. The summed E-state index contributed by atoms with van der Waals surface area (Å²) >= 11 is 13.2. The lowest BCUT2D eigenvalue weighted by atomic mass is 9.84. The zero-order valence-electron chi connectivity index (χ0n) is 15.0. The third-order valence-corrected chi connectivity index (χ3v) is 5.75. The quantitative estimate of drug-likeness (QED) is 0.325. The molecule has 1 saturated heterocycles. The summed E-state index contributed by atoms with van der Waals surface area (Å²) in [6.07, 6.45) is 1.72. The summed E-state index contributed by atoms with van der Waals surface area (Å²) < 4.78 is -1.69. The Morgan fingerprint density at radius 3 is 1.96 bits per heavy atom. The average Bonchev–Trinajstić information content (AvgIpc) is 2.75. The zero-order valence-corrected chi connectivity index (χ0v) is 16.5. The third kappa shape index (κ3) is 3.01. The van der Waals surface area contributed by atoms with Gasteiger partial charge >= 0.3 is 0 Å². The predicted octanol–water partition coefficient (Wildman–Crippen LogP) is 5.17. The van der Waals surface area contributed by atoms with Gasteiger partial charge in [-0.15, -0.1) is 0 Å². The summed E-state index contributed by atoms with van der Waals surface area (Å²) in [5, 5.41) is 0. The number of amides is 1. The topological polar surface area (TPSA) is 32.7 Å². The van der Waals surface area contributed by atoms with Gasteiger partial charge in [0.05, 0.1) is 0 Å². The highest BCUT2D eigenvalue weighted by molar-refractivity contribution is 6.61. The third-order valence-electron chi connectivity index (χ3n) is 4.90. The molecule has 3 nitrogen and oxygen atoms in total. The molecule has 0 saturated carbocycles. The van der Waals surface area contributed by atoms with Crippen molar-refractivity contribution < 1.29 is 4.79 Å². The largest absolute Gasteiger partial charge is 0.304 e. The molecule has 3 aromatic rings. The van der Waals surface area contributed by atoms with Crippen molar-refractivity contribution in [3.05, 3.63) is 108 Å². The highest BCUT2D eigenvalue weighted by atomic mass is 35.5. The van der Waals surface area contributed by atoms with E-state index in [1.54, 1.807) is 11.1 Å². The van der Waals surface area contributed by atoms with Gasteiger partial charge in [-0.25, -0.2) is 0 Å². The van der Waals surface area contributed by atoms with Crippen LogP contribution in [0, 0.1) is 0 Å². The molecule has 28 heavy (non-hydrogen) atoms. The van der Waals surface area contributed by atoms with Crippen molar-refractivity contribution in [1.29, 1.82) is 0 Å². The first-order valence-electron chi connectivity index (χ1n) is 8.95. The summed E-state index contributed by atoms with van der Waals surface area (Å²) in [6, 6.07) is 28.9. The van der Waals surface area contributed by atoms with Crippen LogP contribution in [-0.4, -0.2) is 21.4 Å². The number of halogens is 2. The summed E-state index contributed by atoms with van der Waals surface area (Å²) in [6.45, 7) is 0.363. The molecule has 0 bridgehead atoms. The van der Waals surface area contributed by atoms with E-state index in [1.165, 1.54) is 0 Å². The number of benzene rings is 3. The van der Waals surface area contributed by atoms with Crippen molar-refractivity contribution in [2.24, 2.45) is 4.99 Å². The number of nitrogens with zero attached hydrogens (tertiary/aromatic N) is 2. The maximum atomic E-state index is 12.9. The Labute approximate surface area is 174 Å². The fraction of sp³-hybridized carbons (Fsp3) is 0.130. The molecule has 0 aromatic heterocycles. The van der Waals surface area contributed by atoms with Gasteiger partial charge in [0.15, 0.2) is 0 Å². The van der Waals surface area contributed by atoms with E-state index >= 15 is 0 Å². The van der Waals surface area contributed by atoms with Gasteiger partial charge in [-0.05, 0) is 11.1 Å². The number of β-lactam (4-membered cyclic amide) rings is 1. The average molecular weight is 409 g/mol. The van der Waals surface area contributed by atoms with E-state index in [-0.39, 0.29) is 5.91 Å². The van der Waals surface area contributed by atoms with Crippen molar-refractivity contribution in [3.8, 4) is 0 Å². The molecule has 1 aliphatic rings. The van der Waals surface area contributed by atoms with E-state index in [2.05, 4.69) is 0 Å². The first-order valence-corrected chi connectivity index (χ1v) is 9.71. The van der Waals surface area contributed by atoms with Gasteiger partial charge in [-0.1, -0.05) is 114 Å². The Morgan fingerprint density at radius 1 is 0.821 bits per heavy atom. The van der Waals surface area contributed by atoms with Crippen LogP contribution in [0.3, 0.4) is 0 Å². The first-order chi connectivity index (χ1) is 13.6. The number of hydrogen-bond donors (Lipinski definition) is 0. The van der Waals surface area contributed by atoms with Crippen molar-refractivity contribution in [1.82, 2.24) is 4.90 Å². The van der Waals surface area contributed by atoms with E-state index in [9.17, 15) is 4.79 Å². The summed E-state index contributed by atoms with van der Waals surface area (Å²) in [4.78, 5) is 19.3. The lowest BCUT2D eigenvalue weighted by molar-refractivity contribution is -0.161. The molecule has 0 radical (unpaired) electrons. The van der Waals surface area contributed by atoms with Crippen molar-refractivity contribution >= 4 is 35.3 Å². The van der Waals surface area contributed by atoms with Gasteiger partial charge in [-0.2, -0.15) is 0 Å². The van der Waals surface area contributed by atoms with Gasteiger partial charge in [0.25, 0.3) is 5.91 Å². The number of rotatable bonds is 5. The normalized spacial score (nSPS) is 20.9. The monoisotopic (exact) mass is 408 g/mol. The maximum absolute atomic E-state index is 12.9. The molecule has 4 rings (SSSR count). The SMILES string of the molecule is O=C1N(Cc2ccccc2)C(/N=C/c2ccccc2)(c2ccccc2)C1(Cl)Cl. The van der Waals surface area contributed by atoms with E-state index < -0.39 is 10.00 Å². The fourth-order valence-electron chi connectivity index (χ4n) is 3.47. The molecule has 5 heteroatoms. The molecule has 3 aromatic carbocycles. The van der Waals surface area contributed by atoms with Gasteiger partial charge in [0.1, 0.15) is 0 Å². The zero-order chi connectivity index (χ0) is 19.6. The highest BCUT2D eigenvalue weighted by Gasteiger charge is 2.71. The minimum absolute atomic E-state index is 0.353. The number of carbonyl (C=O) groups excluding carboxylic acids is 1. The van der Waals surface area contributed by atoms with E-state index in [4.69, 9.17) is 28.2 Å². The molecular weight excluding hydrogens is 391 g/mol. The van der Waals surface area contributed by atoms with Crippen molar-refractivity contribution in [2.45, 2.75) is 16.5 Å². The van der Waals surface area contributed by atoms with Crippen LogP contribution in [0.2, 0.25) is 0 Å². The standard InChI is InChI=1S/C23H18Cl2N2O/c24-22(25)21(28)27(17-19-12-6-2-7-13-19)23(22,20-14-8-3-9-15-20)26-16-18-10-4-1-5-11-18/h1-16H,17H2/b26-16+. The molecule has 1 atom stereocenters. The van der Waals surface area contributed by atoms with Crippen LogP contribution in [0.1, 0.15) is 16.7 Å². The molecule has 1 unspecified atom stereocenters. The molecule has 1 amide bonds. The van der Waals surface area contributed by atoms with Crippen LogP contribution < -0.4 is 0 Å². The molecule has 1 heterocycles. The van der Waals surface area contributed by atoms with Crippen molar-refractivity contribution in [3.63, 3.8) is 0 Å². The number of alkyl halides is 2. The van der Waals surface area contributed by atoms with E-state index in [1.807, 2.05) is 91.0 Å². The maximum Gasteiger partial charge on any atom is 0.266 e. The molecule has 140 valence electrons. The fourth-order valence-corrected chi connectivity index (χ4v) is 4.20. The Hall–Kier alpha value is -2.62. The Balaban J connectivity index is 1.82. The number of hydrogen-bond acceptors (Lipinski definition) is 2. The summed E-state index contributed by atoms with van der Waals surface area (Å²) in [5.74, 6) is -0.353. The van der Waals surface area contributed by atoms with Crippen LogP contribution in [0.5, 0.6) is 0 Å². The van der Waals surface area contributed by atoms with Crippen LogP contribution in [0.4, 0.5) is 0 Å². The first kappa shape index (κ1) is 18.7. The smallest absolute Gasteiger partial charge is 0.266 e. The van der Waals surface area contributed by atoms with Crippen molar-refractivity contribution in [2.75, 3.05) is 0 Å². The minimum atomic E-state index is -1.69. The lowest BCUT2D eigenvalue weighted by Crippen LogP contribution is -2.74. The number of likely N-dealkylation sites (tertiary alicyclic amines) is 1. The molecule has 0 aliphatic carbocycles. The predicted molar refractivity (Wildman–Crippen MR) is 114 cm³/mol. The molecule has 1 aliphatic heterocycles. The molecular formula is C23H18Cl2N2O.